The van der Waals surface area contributed by atoms with Gasteiger partial charge < -0.3 is 26.2 Å². The standard InChI is InChI=1S/C21H26N2O2S.BrH/c1-14-6-9-19(18(11-14)20-5-4-10-26-20)22-21(24)25-17-12-15-7-8-16(13-17)23(15,2)3;/h4-6,9-11,15-17H,7-8,12-13H2,1-3H3;1H. The van der Waals surface area contributed by atoms with Gasteiger partial charge in [-0.25, -0.2) is 4.79 Å². The highest BCUT2D eigenvalue weighted by atomic mass is 79.9. The van der Waals surface area contributed by atoms with Gasteiger partial charge in [0.2, 0.25) is 0 Å². The van der Waals surface area contributed by atoms with Crippen LogP contribution >= 0.6 is 11.3 Å². The number of hydrogen-bond donors (Lipinski definition) is 1. The number of nitrogens with zero attached hydrogens (tertiary/aromatic N) is 1. The first-order valence-electron chi connectivity index (χ1n) is 9.39. The number of piperidine rings is 1. The molecule has 3 heterocycles. The van der Waals surface area contributed by atoms with E-state index in [9.17, 15) is 4.79 Å². The van der Waals surface area contributed by atoms with E-state index in [4.69, 9.17) is 4.74 Å². The molecule has 0 radical (unpaired) electrons. The smallest absolute Gasteiger partial charge is 0.411 e. The van der Waals surface area contributed by atoms with Crippen molar-refractivity contribution in [2.75, 3.05) is 19.4 Å². The number of aryl methyl sites for hydroxylation is 1. The Balaban J connectivity index is 0.00000210. The van der Waals surface area contributed by atoms with Crippen LogP contribution in [0.4, 0.5) is 10.5 Å². The minimum atomic E-state index is -0.330. The van der Waals surface area contributed by atoms with Gasteiger partial charge in [-0.05, 0) is 30.5 Å². The van der Waals surface area contributed by atoms with Crippen molar-refractivity contribution in [3.05, 3.63) is 41.3 Å². The number of amides is 1. The minimum absolute atomic E-state index is 0. The summed E-state index contributed by atoms with van der Waals surface area (Å²) in [6.07, 6.45) is 4.15. The van der Waals surface area contributed by atoms with Crippen molar-refractivity contribution in [3.8, 4) is 10.4 Å². The molecule has 0 aliphatic carbocycles. The van der Waals surface area contributed by atoms with Crippen LogP contribution < -0.4 is 22.3 Å². The maximum absolute atomic E-state index is 12.5. The number of halogens is 1. The minimum Gasteiger partial charge on any atom is -1.00 e. The molecule has 27 heavy (non-hydrogen) atoms. The second-order valence-corrected chi connectivity index (χ2v) is 9.11. The number of carbonyl (C=O) groups excluding carboxylic acids is 1. The van der Waals surface area contributed by atoms with E-state index in [1.807, 2.05) is 18.2 Å². The topological polar surface area (TPSA) is 38.3 Å². The fraction of sp³-hybridized carbons (Fsp3) is 0.476. The van der Waals surface area contributed by atoms with Gasteiger partial charge in [-0.15, -0.1) is 11.3 Å². The van der Waals surface area contributed by atoms with Crippen LogP contribution in [-0.2, 0) is 4.74 Å². The Labute approximate surface area is 175 Å². The third-order valence-corrected chi connectivity index (χ3v) is 7.16. The van der Waals surface area contributed by atoms with Crippen molar-refractivity contribution in [2.45, 2.75) is 50.8 Å². The van der Waals surface area contributed by atoms with E-state index < -0.39 is 0 Å². The first-order valence-corrected chi connectivity index (χ1v) is 10.3. The fourth-order valence-electron chi connectivity index (χ4n) is 4.62. The summed E-state index contributed by atoms with van der Waals surface area (Å²) in [5, 5.41) is 5.04. The molecule has 2 fully saturated rings. The van der Waals surface area contributed by atoms with Gasteiger partial charge in [0, 0.05) is 36.1 Å². The predicted octanol–water partition coefficient (Wildman–Crippen LogP) is 2.05. The van der Waals surface area contributed by atoms with Crippen LogP contribution in [0.25, 0.3) is 10.4 Å². The van der Waals surface area contributed by atoms with E-state index in [-0.39, 0.29) is 29.2 Å². The molecule has 1 aromatic carbocycles. The number of benzene rings is 1. The average Bonchev–Trinajstić information content (AvgIpc) is 3.13. The number of thiophene rings is 1. The molecule has 2 bridgehead atoms. The van der Waals surface area contributed by atoms with Crippen molar-refractivity contribution in [3.63, 3.8) is 0 Å². The highest BCUT2D eigenvalue weighted by molar-refractivity contribution is 7.13. The Morgan fingerprint density at radius 1 is 1.19 bits per heavy atom. The molecule has 2 saturated heterocycles. The number of ether oxygens (including phenoxy) is 1. The van der Waals surface area contributed by atoms with Crippen molar-refractivity contribution >= 4 is 23.1 Å². The Kier molecular flexibility index (Phi) is 5.99. The Morgan fingerprint density at radius 3 is 2.52 bits per heavy atom. The summed E-state index contributed by atoms with van der Waals surface area (Å²) in [7, 11) is 4.64. The predicted molar refractivity (Wildman–Crippen MR) is 107 cm³/mol. The van der Waals surface area contributed by atoms with Crippen LogP contribution in [-0.4, -0.2) is 42.9 Å². The summed E-state index contributed by atoms with van der Waals surface area (Å²) >= 11 is 1.68. The number of quaternary nitrogens is 1. The van der Waals surface area contributed by atoms with E-state index in [0.29, 0.717) is 12.1 Å². The lowest BCUT2D eigenvalue weighted by Gasteiger charge is -2.43. The van der Waals surface area contributed by atoms with Gasteiger partial charge in [0.1, 0.15) is 6.10 Å². The van der Waals surface area contributed by atoms with Gasteiger partial charge in [-0.1, -0.05) is 17.7 Å². The molecule has 1 amide bonds. The summed E-state index contributed by atoms with van der Waals surface area (Å²) in [4.78, 5) is 13.7. The van der Waals surface area contributed by atoms with Crippen molar-refractivity contribution < 1.29 is 31.0 Å². The summed E-state index contributed by atoms with van der Waals surface area (Å²) in [6.45, 7) is 2.07. The fourth-order valence-corrected chi connectivity index (χ4v) is 5.38. The number of hydrogen-bond acceptors (Lipinski definition) is 3. The highest BCUT2D eigenvalue weighted by Gasteiger charge is 2.49. The largest absolute Gasteiger partial charge is 1.00 e. The van der Waals surface area contributed by atoms with Gasteiger partial charge in [-0.3, -0.25) is 5.32 Å². The van der Waals surface area contributed by atoms with Crippen LogP contribution in [0.3, 0.4) is 0 Å². The first-order chi connectivity index (χ1) is 12.4. The molecule has 2 unspecified atom stereocenters. The van der Waals surface area contributed by atoms with Gasteiger partial charge in [-0.2, -0.15) is 0 Å². The van der Waals surface area contributed by atoms with Gasteiger partial charge in [0.25, 0.3) is 0 Å². The molecule has 2 aliphatic rings. The Hall–Kier alpha value is -1.37. The molecule has 1 aromatic heterocycles. The summed E-state index contributed by atoms with van der Waals surface area (Å²) < 4.78 is 6.90. The molecule has 2 atom stereocenters. The SMILES string of the molecule is Cc1ccc(NC(=O)OC2CC3CCC(C2)[N+]3(C)C)c(-c2cccs2)c1.[Br-]. The maximum atomic E-state index is 12.5. The zero-order valence-corrected chi connectivity index (χ0v) is 18.5. The van der Waals surface area contributed by atoms with Gasteiger partial charge >= 0.3 is 6.09 Å². The van der Waals surface area contributed by atoms with Gasteiger partial charge in [0.05, 0.1) is 31.9 Å². The lowest BCUT2D eigenvalue weighted by molar-refractivity contribution is -0.931. The Morgan fingerprint density at radius 2 is 1.89 bits per heavy atom. The first kappa shape index (κ1) is 20.4. The quantitative estimate of drug-likeness (QED) is 0.726. The molecule has 146 valence electrons. The molecule has 2 aromatic rings. The lowest BCUT2D eigenvalue weighted by Crippen LogP contribution is -3.00. The lowest BCUT2D eigenvalue weighted by atomic mass is 9.98. The number of fused-ring (bicyclic) bond motifs is 2. The summed E-state index contributed by atoms with van der Waals surface area (Å²) in [5.41, 5.74) is 3.05. The molecular formula is C21H27BrN2O2S. The second-order valence-electron chi connectivity index (χ2n) is 8.16. The van der Waals surface area contributed by atoms with Crippen molar-refractivity contribution in [1.82, 2.24) is 0 Å². The molecule has 0 saturated carbocycles. The summed E-state index contributed by atoms with van der Waals surface area (Å²) in [6, 6.07) is 11.4. The zero-order chi connectivity index (χ0) is 18.3. The monoisotopic (exact) mass is 450 g/mol. The van der Waals surface area contributed by atoms with E-state index >= 15 is 0 Å². The molecule has 1 N–H and O–H groups in total. The van der Waals surface area contributed by atoms with Crippen LogP contribution in [0.2, 0.25) is 0 Å². The number of anilines is 1. The van der Waals surface area contributed by atoms with E-state index in [2.05, 4.69) is 43.8 Å². The normalized spacial score (nSPS) is 25.5. The van der Waals surface area contributed by atoms with Crippen LogP contribution in [0, 0.1) is 6.92 Å². The molecule has 2 aliphatic heterocycles. The summed E-state index contributed by atoms with van der Waals surface area (Å²) in [5.74, 6) is 0. The molecular weight excluding hydrogens is 424 g/mol. The Bertz CT molecular complexity index is 791. The molecule has 6 heteroatoms. The number of rotatable bonds is 3. The molecule has 4 rings (SSSR count). The van der Waals surface area contributed by atoms with Crippen LogP contribution in [0.5, 0.6) is 0 Å². The molecule has 4 nitrogen and oxygen atoms in total. The maximum Gasteiger partial charge on any atom is 0.411 e. The average molecular weight is 451 g/mol. The van der Waals surface area contributed by atoms with E-state index in [1.54, 1.807) is 11.3 Å². The van der Waals surface area contributed by atoms with Crippen molar-refractivity contribution in [2.24, 2.45) is 0 Å². The third kappa shape index (κ3) is 4.08. The van der Waals surface area contributed by atoms with E-state index in [1.165, 1.54) is 18.4 Å². The van der Waals surface area contributed by atoms with E-state index in [0.717, 1.165) is 33.5 Å². The number of carbonyl (C=O) groups is 1. The zero-order valence-electron chi connectivity index (χ0n) is 16.1. The second kappa shape index (κ2) is 7.94. The molecule has 0 spiro atoms. The number of nitrogens with one attached hydrogen (secondary N) is 1. The third-order valence-electron chi connectivity index (χ3n) is 6.26. The van der Waals surface area contributed by atoms with Crippen LogP contribution in [0.1, 0.15) is 31.2 Å². The van der Waals surface area contributed by atoms with Crippen molar-refractivity contribution in [1.29, 1.82) is 0 Å². The highest BCUT2D eigenvalue weighted by Crippen LogP contribution is 2.40. The van der Waals surface area contributed by atoms with Crippen LogP contribution in [0.15, 0.2) is 35.7 Å². The van der Waals surface area contributed by atoms with Gasteiger partial charge in [0.15, 0.2) is 0 Å².